The summed E-state index contributed by atoms with van der Waals surface area (Å²) in [6, 6.07) is 5.42. The maximum absolute atomic E-state index is 12.0. The average molecular weight is 275 g/mol. The Morgan fingerprint density at radius 1 is 1.40 bits per heavy atom. The van der Waals surface area contributed by atoms with Gasteiger partial charge in [-0.25, -0.2) is 0 Å². The van der Waals surface area contributed by atoms with Crippen LogP contribution in [0.5, 0.6) is 0 Å². The molecule has 1 aromatic rings. The Kier molecular flexibility index (Phi) is 4.88. The number of rotatable bonds is 5. The minimum atomic E-state index is -0.0468. The zero-order valence-electron chi connectivity index (χ0n) is 12.4. The fourth-order valence-electron chi connectivity index (χ4n) is 2.93. The van der Waals surface area contributed by atoms with Crippen molar-refractivity contribution in [1.82, 2.24) is 5.32 Å². The minimum Gasteiger partial charge on any atom is -0.399 e. The van der Waals surface area contributed by atoms with Crippen molar-refractivity contribution in [3.05, 3.63) is 23.8 Å². The van der Waals surface area contributed by atoms with Crippen LogP contribution in [-0.4, -0.2) is 19.0 Å². The average Bonchev–Trinajstić information content (AvgIpc) is 2.82. The van der Waals surface area contributed by atoms with Gasteiger partial charge in [0.05, 0.1) is 5.56 Å². The van der Waals surface area contributed by atoms with E-state index in [-0.39, 0.29) is 5.91 Å². The molecule has 4 heteroatoms. The van der Waals surface area contributed by atoms with Crippen LogP contribution in [0.4, 0.5) is 11.4 Å². The largest absolute Gasteiger partial charge is 0.399 e. The number of nitrogens with two attached hydrogens (primary N) is 1. The summed E-state index contributed by atoms with van der Waals surface area (Å²) >= 11 is 0. The third-order valence-electron chi connectivity index (χ3n) is 4.22. The molecule has 0 heterocycles. The van der Waals surface area contributed by atoms with Crippen molar-refractivity contribution in [3.8, 4) is 0 Å². The number of anilines is 2. The first-order valence-electron chi connectivity index (χ1n) is 7.53. The van der Waals surface area contributed by atoms with Crippen LogP contribution in [-0.2, 0) is 0 Å². The highest BCUT2D eigenvalue weighted by molar-refractivity contribution is 6.00. The van der Waals surface area contributed by atoms with Crippen LogP contribution >= 0.6 is 0 Å². The number of carbonyl (C=O) groups excluding carboxylic acids is 1. The van der Waals surface area contributed by atoms with Gasteiger partial charge in [0, 0.05) is 24.5 Å². The van der Waals surface area contributed by atoms with Crippen molar-refractivity contribution in [2.24, 2.45) is 11.8 Å². The Labute approximate surface area is 121 Å². The fourth-order valence-corrected chi connectivity index (χ4v) is 2.93. The highest BCUT2D eigenvalue weighted by atomic mass is 16.1. The third kappa shape index (κ3) is 3.44. The second kappa shape index (κ2) is 6.64. The number of carbonyl (C=O) groups is 1. The van der Waals surface area contributed by atoms with Crippen LogP contribution < -0.4 is 16.4 Å². The van der Waals surface area contributed by atoms with Gasteiger partial charge < -0.3 is 16.4 Å². The maximum atomic E-state index is 12.0. The van der Waals surface area contributed by atoms with Gasteiger partial charge in [0.15, 0.2) is 0 Å². The summed E-state index contributed by atoms with van der Waals surface area (Å²) in [4.78, 5) is 12.0. The highest BCUT2D eigenvalue weighted by Gasteiger charge is 2.23. The lowest BCUT2D eigenvalue weighted by Gasteiger charge is -2.18. The molecule has 110 valence electrons. The maximum Gasteiger partial charge on any atom is 0.253 e. The smallest absolute Gasteiger partial charge is 0.253 e. The highest BCUT2D eigenvalue weighted by Crippen LogP contribution is 2.31. The standard InChI is InChI=1S/C16H25N3O/c1-3-18-16(20)14-8-7-13(17)9-15(14)19-10-12-6-4-5-11(12)2/h7-9,11-12,19H,3-6,10,17H2,1-2H3,(H,18,20). The number of hydrogen-bond donors (Lipinski definition) is 3. The molecule has 4 nitrogen and oxygen atoms in total. The lowest BCUT2D eigenvalue weighted by atomic mass is 9.98. The van der Waals surface area contributed by atoms with Crippen LogP contribution in [0.1, 0.15) is 43.5 Å². The molecule has 2 unspecified atom stereocenters. The van der Waals surface area contributed by atoms with Crippen LogP contribution in [0.15, 0.2) is 18.2 Å². The molecule has 1 amide bonds. The molecule has 0 spiro atoms. The van der Waals surface area contributed by atoms with Gasteiger partial charge in [-0.3, -0.25) is 4.79 Å². The van der Waals surface area contributed by atoms with Gasteiger partial charge in [0.1, 0.15) is 0 Å². The summed E-state index contributed by atoms with van der Waals surface area (Å²) in [7, 11) is 0. The second-order valence-electron chi connectivity index (χ2n) is 5.71. The molecule has 0 aliphatic heterocycles. The Morgan fingerprint density at radius 2 is 2.20 bits per heavy atom. The fraction of sp³-hybridized carbons (Fsp3) is 0.562. The molecule has 0 radical (unpaired) electrons. The van der Waals surface area contributed by atoms with E-state index in [1.54, 1.807) is 12.1 Å². The first-order chi connectivity index (χ1) is 9.61. The van der Waals surface area contributed by atoms with Crippen LogP contribution in [0.3, 0.4) is 0 Å². The number of benzene rings is 1. The van der Waals surface area contributed by atoms with Crippen LogP contribution in [0.25, 0.3) is 0 Å². The van der Waals surface area contributed by atoms with Crippen molar-refractivity contribution in [2.75, 3.05) is 24.1 Å². The van der Waals surface area contributed by atoms with E-state index in [0.29, 0.717) is 23.7 Å². The molecule has 1 aliphatic carbocycles. The van der Waals surface area contributed by atoms with E-state index in [2.05, 4.69) is 17.6 Å². The summed E-state index contributed by atoms with van der Waals surface area (Å²) < 4.78 is 0. The molecular weight excluding hydrogens is 250 g/mol. The first-order valence-corrected chi connectivity index (χ1v) is 7.53. The van der Waals surface area contributed by atoms with E-state index in [1.807, 2.05) is 13.0 Å². The van der Waals surface area contributed by atoms with Gasteiger partial charge in [-0.15, -0.1) is 0 Å². The molecule has 1 fully saturated rings. The van der Waals surface area contributed by atoms with Gasteiger partial charge in [0.25, 0.3) is 5.91 Å². The lowest BCUT2D eigenvalue weighted by Crippen LogP contribution is -2.25. The lowest BCUT2D eigenvalue weighted by molar-refractivity contribution is 0.0956. The molecule has 1 aliphatic rings. The number of hydrogen-bond acceptors (Lipinski definition) is 3. The predicted octanol–water partition coefficient (Wildman–Crippen LogP) is 2.87. The predicted molar refractivity (Wildman–Crippen MR) is 83.9 cm³/mol. The van der Waals surface area contributed by atoms with Crippen LogP contribution in [0, 0.1) is 11.8 Å². The van der Waals surface area contributed by atoms with Crippen molar-refractivity contribution in [3.63, 3.8) is 0 Å². The summed E-state index contributed by atoms with van der Waals surface area (Å²) in [5.74, 6) is 1.41. The van der Waals surface area contributed by atoms with E-state index < -0.39 is 0 Å². The van der Waals surface area contributed by atoms with Gasteiger partial charge in [-0.1, -0.05) is 19.8 Å². The molecule has 2 atom stereocenters. The van der Waals surface area contributed by atoms with E-state index in [9.17, 15) is 4.79 Å². The van der Waals surface area contributed by atoms with Gasteiger partial charge >= 0.3 is 0 Å². The van der Waals surface area contributed by atoms with Crippen molar-refractivity contribution < 1.29 is 4.79 Å². The van der Waals surface area contributed by atoms with E-state index in [4.69, 9.17) is 5.73 Å². The SMILES string of the molecule is CCNC(=O)c1ccc(N)cc1NCC1CCCC1C. The summed E-state index contributed by atoms with van der Waals surface area (Å²) in [6.45, 7) is 5.77. The minimum absolute atomic E-state index is 0.0468. The number of amides is 1. The Morgan fingerprint density at radius 3 is 2.85 bits per heavy atom. The molecular formula is C16H25N3O. The Bertz CT molecular complexity index is 473. The molecule has 2 rings (SSSR count). The summed E-state index contributed by atoms with van der Waals surface area (Å²) in [5, 5.41) is 6.26. The number of nitrogen functional groups attached to an aromatic ring is 1. The first kappa shape index (κ1) is 14.7. The van der Waals surface area contributed by atoms with Gasteiger partial charge in [-0.05, 0) is 43.4 Å². The quantitative estimate of drug-likeness (QED) is 0.724. The van der Waals surface area contributed by atoms with E-state index >= 15 is 0 Å². The summed E-state index contributed by atoms with van der Waals surface area (Å²) in [5.41, 5.74) is 8.04. The molecule has 20 heavy (non-hydrogen) atoms. The van der Waals surface area contributed by atoms with E-state index in [1.165, 1.54) is 19.3 Å². The second-order valence-corrected chi connectivity index (χ2v) is 5.71. The molecule has 0 saturated heterocycles. The Hall–Kier alpha value is -1.71. The number of nitrogens with one attached hydrogen (secondary N) is 2. The van der Waals surface area contributed by atoms with Gasteiger partial charge in [-0.2, -0.15) is 0 Å². The monoisotopic (exact) mass is 275 g/mol. The topological polar surface area (TPSA) is 67.2 Å². The zero-order chi connectivity index (χ0) is 14.5. The van der Waals surface area contributed by atoms with Gasteiger partial charge in [0.2, 0.25) is 0 Å². The molecule has 0 aromatic heterocycles. The molecule has 1 aromatic carbocycles. The zero-order valence-corrected chi connectivity index (χ0v) is 12.4. The third-order valence-corrected chi connectivity index (χ3v) is 4.22. The van der Waals surface area contributed by atoms with Crippen molar-refractivity contribution >= 4 is 17.3 Å². The molecule has 4 N–H and O–H groups in total. The molecule has 0 bridgehead atoms. The summed E-state index contributed by atoms with van der Waals surface area (Å²) in [6.07, 6.45) is 3.90. The molecule has 1 saturated carbocycles. The van der Waals surface area contributed by atoms with Crippen molar-refractivity contribution in [1.29, 1.82) is 0 Å². The Balaban J connectivity index is 2.08. The normalized spacial score (nSPS) is 21.7. The van der Waals surface area contributed by atoms with Crippen LogP contribution in [0.2, 0.25) is 0 Å². The van der Waals surface area contributed by atoms with Crippen molar-refractivity contribution in [2.45, 2.75) is 33.1 Å². The van der Waals surface area contributed by atoms with E-state index in [0.717, 1.165) is 18.2 Å².